The molecule has 2 N–H and O–H groups in total. The molecule has 0 radical (unpaired) electrons. The SMILES string of the molecule is O=C(O)/C=C/c1cnc(-c2cccc(CO)c2)nc1. The van der Waals surface area contributed by atoms with Crippen molar-refractivity contribution >= 4 is 12.0 Å². The van der Waals surface area contributed by atoms with Crippen LogP contribution < -0.4 is 0 Å². The van der Waals surface area contributed by atoms with E-state index in [2.05, 4.69) is 9.97 Å². The molecule has 0 unspecified atom stereocenters. The van der Waals surface area contributed by atoms with Crippen molar-refractivity contribution in [3.8, 4) is 11.4 Å². The molecule has 0 bridgehead atoms. The Hall–Kier alpha value is -2.53. The molecule has 0 atom stereocenters. The van der Waals surface area contributed by atoms with Gasteiger partial charge in [0.15, 0.2) is 5.82 Å². The highest BCUT2D eigenvalue weighted by molar-refractivity contribution is 5.85. The summed E-state index contributed by atoms with van der Waals surface area (Å²) in [7, 11) is 0. The van der Waals surface area contributed by atoms with Gasteiger partial charge >= 0.3 is 5.97 Å². The van der Waals surface area contributed by atoms with Gasteiger partial charge in [0.25, 0.3) is 0 Å². The van der Waals surface area contributed by atoms with Crippen LogP contribution in [0, 0.1) is 0 Å². The van der Waals surface area contributed by atoms with Crippen LogP contribution in [0.1, 0.15) is 11.1 Å². The predicted molar refractivity (Wildman–Crippen MR) is 70.1 cm³/mol. The molecule has 0 aliphatic carbocycles. The third-order valence-corrected chi connectivity index (χ3v) is 2.46. The van der Waals surface area contributed by atoms with Crippen molar-refractivity contribution < 1.29 is 15.0 Å². The van der Waals surface area contributed by atoms with Gasteiger partial charge in [0.2, 0.25) is 0 Å². The van der Waals surface area contributed by atoms with Crippen LogP contribution in [0.5, 0.6) is 0 Å². The monoisotopic (exact) mass is 256 g/mol. The summed E-state index contributed by atoms with van der Waals surface area (Å²) >= 11 is 0. The molecule has 1 aromatic heterocycles. The summed E-state index contributed by atoms with van der Waals surface area (Å²) in [6, 6.07) is 7.29. The fraction of sp³-hybridized carbons (Fsp3) is 0.0714. The molecule has 0 fully saturated rings. The first-order chi connectivity index (χ1) is 9.19. The minimum Gasteiger partial charge on any atom is -0.478 e. The van der Waals surface area contributed by atoms with Crippen LogP contribution in [0.4, 0.5) is 0 Å². The lowest BCUT2D eigenvalue weighted by Gasteiger charge is -2.02. The maximum atomic E-state index is 10.4. The lowest BCUT2D eigenvalue weighted by Crippen LogP contribution is -1.92. The Morgan fingerprint density at radius 3 is 2.63 bits per heavy atom. The first kappa shape index (κ1) is 12.9. The third-order valence-electron chi connectivity index (χ3n) is 2.46. The summed E-state index contributed by atoms with van der Waals surface area (Å²) in [5.41, 5.74) is 2.21. The molecule has 0 aliphatic heterocycles. The minimum atomic E-state index is -1.01. The average Bonchev–Trinajstić information content (AvgIpc) is 2.45. The van der Waals surface area contributed by atoms with Gasteiger partial charge in [-0.25, -0.2) is 14.8 Å². The van der Waals surface area contributed by atoms with Crippen molar-refractivity contribution in [2.45, 2.75) is 6.61 Å². The molecule has 1 heterocycles. The van der Waals surface area contributed by atoms with Crippen molar-refractivity contribution in [1.82, 2.24) is 9.97 Å². The van der Waals surface area contributed by atoms with Gasteiger partial charge in [-0.3, -0.25) is 0 Å². The van der Waals surface area contributed by atoms with Crippen LogP contribution in [0.3, 0.4) is 0 Å². The fourth-order valence-electron chi connectivity index (χ4n) is 1.55. The lowest BCUT2D eigenvalue weighted by atomic mass is 10.1. The van der Waals surface area contributed by atoms with Gasteiger partial charge in [-0.2, -0.15) is 0 Å². The van der Waals surface area contributed by atoms with Gasteiger partial charge in [0, 0.05) is 29.6 Å². The number of hydrogen-bond donors (Lipinski definition) is 2. The number of nitrogens with zero attached hydrogens (tertiary/aromatic N) is 2. The van der Waals surface area contributed by atoms with Gasteiger partial charge in [0.1, 0.15) is 0 Å². The summed E-state index contributed by atoms with van der Waals surface area (Å²) in [5, 5.41) is 17.6. The Kier molecular flexibility index (Phi) is 4.00. The van der Waals surface area contributed by atoms with Crippen molar-refractivity contribution in [1.29, 1.82) is 0 Å². The van der Waals surface area contributed by atoms with Crippen LogP contribution in [-0.4, -0.2) is 26.2 Å². The molecule has 0 spiro atoms. The number of hydrogen-bond acceptors (Lipinski definition) is 4. The molecule has 5 nitrogen and oxygen atoms in total. The van der Waals surface area contributed by atoms with Crippen LogP contribution in [-0.2, 0) is 11.4 Å². The number of aromatic nitrogens is 2. The zero-order chi connectivity index (χ0) is 13.7. The van der Waals surface area contributed by atoms with Crippen molar-refractivity contribution in [3.63, 3.8) is 0 Å². The van der Waals surface area contributed by atoms with Gasteiger partial charge in [0.05, 0.1) is 6.61 Å². The Labute approximate surface area is 109 Å². The summed E-state index contributed by atoms with van der Waals surface area (Å²) < 4.78 is 0. The number of rotatable bonds is 4. The second-order valence-corrected chi connectivity index (χ2v) is 3.87. The van der Waals surface area contributed by atoms with E-state index in [0.717, 1.165) is 17.2 Å². The normalized spacial score (nSPS) is 10.8. The van der Waals surface area contributed by atoms with Gasteiger partial charge in [-0.15, -0.1) is 0 Å². The lowest BCUT2D eigenvalue weighted by molar-refractivity contribution is -0.131. The first-order valence-corrected chi connectivity index (χ1v) is 5.62. The standard InChI is InChI=1S/C14H12N2O3/c17-9-10-2-1-3-12(6-10)14-15-7-11(8-16-14)4-5-13(18)19/h1-8,17H,9H2,(H,18,19)/b5-4+. The number of aliphatic carboxylic acids is 1. The number of carboxylic acid groups (broad SMARTS) is 1. The highest BCUT2D eigenvalue weighted by Crippen LogP contribution is 2.16. The van der Waals surface area contributed by atoms with E-state index >= 15 is 0 Å². The summed E-state index contributed by atoms with van der Waals surface area (Å²) in [6.45, 7) is -0.0345. The summed E-state index contributed by atoms with van der Waals surface area (Å²) in [6.07, 6.45) is 5.56. The van der Waals surface area contributed by atoms with E-state index in [1.54, 1.807) is 12.4 Å². The molecule has 0 saturated heterocycles. The van der Waals surface area contributed by atoms with Gasteiger partial charge in [-0.05, 0) is 17.7 Å². The van der Waals surface area contributed by atoms with Crippen LogP contribution in [0.25, 0.3) is 17.5 Å². The Morgan fingerprint density at radius 2 is 2.00 bits per heavy atom. The largest absolute Gasteiger partial charge is 0.478 e. The zero-order valence-corrected chi connectivity index (χ0v) is 10.0. The smallest absolute Gasteiger partial charge is 0.328 e. The first-order valence-electron chi connectivity index (χ1n) is 5.62. The van der Waals surface area contributed by atoms with E-state index < -0.39 is 5.97 Å². The van der Waals surface area contributed by atoms with Gasteiger partial charge in [-0.1, -0.05) is 18.2 Å². The van der Waals surface area contributed by atoms with E-state index in [0.29, 0.717) is 11.4 Å². The summed E-state index contributed by atoms with van der Waals surface area (Å²) in [5.74, 6) is -0.484. The van der Waals surface area contributed by atoms with E-state index in [4.69, 9.17) is 10.2 Å². The molecular formula is C14H12N2O3. The third kappa shape index (κ3) is 3.46. The van der Waals surface area contributed by atoms with Crippen LogP contribution in [0.15, 0.2) is 42.7 Å². The minimum absolute atomic E-state index is 0.0345. The van der Waals surface area contributed by atoms with E-state index in [-0.39, 0.29) is 6.61 Å². The quantitative estimate of drug-likeness (QED) is 0.814. The molecule has 2 aromatic rings. The van der Waals surface area contributed by atoms with Gasteiger partial charge < -0.3 is 10.2 Å². The Bertz CT molecular complexity index is 606. The topological polar surface area (TPSA) is 83.3 Å². The van der Waals surface area contributed by atoms with Crippen molar-refractivity contribution in [3.05, 3.63) is 53.9 Å². The Balaban J connectivity index is 2.24. The van der Waals surface area contributed by atoms with E-state index in [1.807, 2.05) is 24.3 Å². The zero-order valence-electron chi connectivity index (χ0n) is 10.0. The predicted octanol–water partition coefficient (Wildman–Crippen LogP) is 1.73. The number of aliphatic hydroxyl groups is 1. The highest BCUT2D eigenvalue weighted by Gasteiger charge is 2.01. The number of benzene rings is 1. The highest BCUT2D eigenvalue weighted by atomic mass is 16.4. The Morgan fingerprint density at radius 1 is 1.26 bits per heavy atom. The van der Waals surface area contributed by atoms with Crippen LogP contribution in [0.2, 0.25) is 0 Å². The maximum Gasteiger partial charge on any atom is 0.328 e. The van der Waals surface area contributed by atoms with Crippen molar-refractivity contribution in [2.24, 2.45) is 0 Å². The molecule has 0 aliphatic rings. The summed E-state index contributed by atoms with van der Waals surface area (Å²) in [4.78, 5) is 18.7. The molecular weight excluding hydrogens is 244 g/mol. The molecule has 0 amide bonds. The second kappa shape index (κ2) is 5.88. The van der Waals surface area contributed by atoms with Crippen LogP contribution >= 0.6 is 0 Å². The number of carboxylic acids is 1. The average molecular weight is 256 g/mol. The van der Waals surface area contributed by atoms with E-state index in [9.17, 15) is 4.79 Å². The second-order valence-electron chi connectivity index (χ2n) is 3.87. The molecule has 0 saturated carbocycles. The fourth-order valence-corrected chi connectivity index (χ4v) is 1.55. The number of carbonyl (C=O) groups is 1. The van der Waals surface area contributed by atoms with Crippen molar-refractivity contribution in [2.75, 3.05) is 0 Å². The molecule has 2 rings (SSSR count). The maximum absolute atomic E-state index is 10.4. The molecule has 96 valence electrons. The molecule has 1 aromatic carbocycles. The molecule has 5 heteroatoms. The van der Waals surface area contributed by atoms with E-state index in [1.165, 1.54) is 6.08 Å². The number of aliphatic hydroxyl groups excluding tert-OH is 1. The molecule has 19 heavy (non-hydrogen) atoms.